The monoisotopic (exact) mass is 582 g/mol. The average Bonchev–Trinajstić information content (AvgIpc) is 2.29. The molecular weight excluding hydrogens is 584 g/mol. The summed E-state index contributed by atoms with van der Waals surface area (Å²) in [6.45, 7) is 0. The van der Waals surface area contributed by atoms with Crippen LogP contribution in [0.1, 0.15) is 0 Å². The molecular formula is C10Br2F16. The number of hydrogen-bond donors (Lipinski definition) is 0. The van der Waals surface area contributed by atoms with E-state index in [4.69, 9.17) is 0 Å². The Labute approximate surface area is 159 Å². The molecule has 0 radical (unpaired) electrons. The van der Waals surface area contributed by atoms with Crippen LogP contribution in [-0.2, 0) is 0 Å². The third kappa shape index (κ3) is 2.93. The van der Waals surface area contributed by atoms with Crippen molar-refractivity contribution in [3.63, 3.8) is 0 Å². The first kappa shape index (κ1) is 25.6. The molecule has 0 heterocycles. The molecule has 0 nitrogen and oxygen atoms in total. The summed E-state index contributed by atoms with van der Waals surface area (Å²) in [6, 6.07) is 0. The topological polar surface area (TPSA) is 0 Å². The van der Waals surface area contributed by atoms with E-state index in [1.807, 2.05) is 0 Å². The Morgan fingerprint density at radius 3 is 1.11 bits per heavy atom. The van der Waals surface area contributed by atoms with Crippen LogP contribution < -0.4 is 0 Å². The second-order valence-corrected chi connectivity index (χ2v) is 7.41. The van der Waals surface area contributed by atoms with Gasteiger partial charge < -0.3 is 0 Å². The van der Waals surface area contributed by atoms with Crippen molar-refractivity contribution in [1.29, 1.82) is 0 Å². The van der Waals surface area contributed by atoms with E-state index in [9.17, 15) is 70.2 Å². The molecule has 1 saturated carbocycles. The van der Waals surface area contributed by atoms with Crippen LogP contribution in [0, 0.1) is 5.41 Å². The van der Waals surface area contributed by atoms with Crippen molar-refractivity contribution in [2.75, 3.05) is 0 Å². The minimum Gasteiger partial charge on any atom is -0.200 e. The number of halogens is 18. The molecule has 0 aromatic heterocycles. The Bertz CT molecular complexity index is 638. The second-order valence-electron chi connectivity index (χ2n) is 5.22. The summed E-state index contributed by atoms with van der Waals surface area (Å²) < 4.78 is 204. The van der Waals surface area contributed by atoms with Crippen molar-refractivity contribution in [3.05, 3.63) is 11.1 Å². The zero-order valence-corrected chi connectivity index (χ0v) is 15.0. The van der Waals surface area contributed by atoms with Crippen molar-refractivity contribution in [3.8, 4) is 0 Å². The zero-order valence-electron chi connectivity index (χ0n) is 11.8. The second kappa shape index (κ2) is 6.06. The maximum absolute atomic E-state index is 14.0. The minimum atomic E-state index is -7.51. The minimum absolute atomic E-state index is 0.780. The Morgan fingerprint density at radius 2 is 0.929 bits per heavy atom. The van der Waals surface area contributed by atoms with Gasteiger partial charge in [0.25, 0.3) is 5.92 Å². The van der Waals surface area contributed by atoms with E-state index in [2.05, 4.69) is 0 Å². The molecule has 0 N–H and O–H groups in total. The Kier molecular flexibility index (Phi) is 5.54. The molecule has 1 rings (SSSR count). The molecule has 1 aliphatic rings. The van der Waals surface area contributed by atoms with Crippen molar-refractivity contribution < 1.29 is 70.2 Å². The van der Waals surface area contributed by atoms with Crippen LogP contribution in [0.5, 0.6) is 0 Å². The number of hydrogen-bond acceptors (Lipinski definition) is 0. The number of alkyl halides is 18. The van der Waals surface area contributed by atoms with Crippen LogP contribution in [0.25, 0.3) is 0 Å². The molecule has 28 heavy (non-hydrogen) atoms. The number of allylic oxidation sites excluding steroid dienone is 2. The lowest BCUT2D eigenvalue weighted by atomic mass is 9.50. The first-order valence-corrected chi connectivity index (χ1v) is 7.49. The molecule has 0 bridgehead atoms. The smallest absolute Gasteiger partial charge is 0.200 e. The summed E-state index contributed by atoms with van der Waals surface area (Å²) in [7, 11) is 0. The molecule has 1 unspecified atom stereocenters. The van der Waals surface area contributed by atoms with E-state index in [1.165, 1.54) is 0 Å². The van der Waals surface area contributed by atoms with E-state index in [1.54, 1.807) is 0 Å². The number of rotatable bonds is 1. The average molecular weight is 584 g/mol. The van der Waals surface area contributed by atoms with E-state index in [0.29, 0.717) is 0 Å². The van der Waals surface area contributed by atoms with Gasteiger partial charge in [0.2, 0.25) is 5.41 Å². The van der Waals surface area contributed by atoms with Gasteiger partial charge in [0.15, 0.2) is 4.32 Å². The molecule has 166 valence electrons. The van der Waals surface area contributed by atoms with Gasteiger partial charge in [0.1, 0.15) is 5.57 Å². The molecule has 0 aliphatic heterocycles. The van der Waals surface area contributed by atoms with Crippen LogP contribution in [0.2, 0.25) is 0 Å². The molecule has 1 atom stereocenters. The first-order chi connectivity index (χ1) is 11.7. The van der Waals surface area contributed by atoms with E-state index in [0.717, 1.165) is 31.9 Å². The van der Waals surface area contributed by atoms with E-state index < -0.39 is 56.3 Å². The van der Waals surface area contributed by atoms with E-state index >= 15 is 0 Å². The van der Waals surface area contributed by atoms with Gasteiger partial charge in [0.05, 0.1) is 0 Å². The molecule has 1 aliphatic carbocycles. The molecule has 0 amide bonds. The van der Waals surface area contributed by atoms with Gasteiger partial charge in [0, 0.05) is 5.57 Å². The maximum atomic E-state index is 14.0. The van der Waals surface area contributed by atoms with Crippen LogP contribution in [-0.4, -0.2) is 39.8 Å². The van der Waals surface area contributed by atoms with Gasteiger partial charge in [-0.15, -0.1) is 0 Å². The highest BCUT2D eigenvalue weighted by Gasteiger charge is 3.02. The van der Waals surface area contributed by atoms with Crippen molar-refractivity contribution in [2.45, 2.75) is 39.8 Å². The van der Waals surface area contributed by atoms with Crippen LogP contribution >= 0.6 is 31.9 Å². The predicted molar refractivity (Wildman–Crippen MR) is 64.2 cm³/mol. The van der Waals surface area contributed by atoms with Gasteiger partial charge in [-0.1, -0.05) is 15.9 Å². The SMILES string of the molecule is FC(F)(F)C(=C1C(F)(F)C(Br)(C(F)(F)Br)C1(C(F)(F)F)C(F)(F)F)C(F)(F)F. The van der Waals surface area contributed by atoms with Crippen LogP contribution in [0.4, 0.5) is 70.2 Å². The van der Waals surface area contributed by atoms with Crippen molar-refractivity contribution >= 4 is 31.9 Å². The first-order valence-electron chi connectivity index (χ1n) is 5.90. The third-order valence-corrected chi connectivity index (χ3v) is 6.41. The molecule has 18 heteroatoms. The molecule has 1 fully saturated rings. The molecule has 0 aromatic rings. The lowest BCUT2D eigenvalue weighted by Crippen LogP contribution is -2.85. The summed E-state index contributed by atoms with van der Waals surface area (Å²) in [5.41, 5.74) is -16.5. The summed E-state index contributed by atoms with van der Waals surface area (Å²) in [6.07, 6.45) is -29.5. The molecule has 0 aromatic carbocycles. The van der Waals surface area contributed by atoms with Crippen LogP contribution in [0.3, 0.4) is 0 Å². The van der Waals surface area contributed by atoms with Gasteiger partial charge in [-0.05, 0) is 15.9 Å². The quantitative estimate of drug-likeness (QED) is 0.173. The zero-order chi connectivity index (χ0) is 23.2. The molecule has 0 saturated heterocycles. The predicted octanol–water partition coefficient (Wildman–Crippen LogP) is 7.29. The van der Waals surface area contributed by atoms with E-state index in [-0.39, 0.29) is 0 Å². The Balaban J connectivity index is 4.44. The molecule has 0 spiro atoms. The third-order valence-electron chi connectivity index (χ3n) is 3.70. The summed E-state index contributed by atoms with van der Waals surface area (Å²) in [5, 5.41) is 0. The lowest BCUT2D eigenvalue weighted by Gasteiger charge is -2.63. The van der Waals surface area contributed by atoms with Gasteiger partial charge >= 0.3 is 29.5 Å². The largest absolute Gasteiger partial charge is 0.421 e. The fraction of sp³-hybridized carbons (Fsp3) is 0.800. The summed E-state index contributed by atoms with van der Waals surface area (Å²) in [4.78, 5) is -6.00. The maximum Gasteiger partial charge on any atom is 0.421 e. The standard InChI is InChI=1S/C10Br2F16/c11-7(8(12,21)22)3(9(23,24)25,10(26,27)28)1(4(7,13)14)2(5(15,16)17)6(18,19)20. The lowest BCUT2D eigenvalue weighted by molar-refractivity contribution is -0.401. The fourth-order valence-electron chi connectivity index (χ4n) is 2.77. The van der Waals surface area contributed by atoms with Crippen molar-refractivity contribution in [1.82, 2.24) is 0 Å². The van der Waals surface area contributed by atoms with Crippen molar-refractivity contribution in [2.24, 2.45) is 5.41 Å². The summed E-state index contributed by atoms with van der Waals surface area (Å²) >= 11 is 1.57. The Morgan fingerprint density at radius 1 is 0.643 bits per heavy atom. The highest BCUT2D eigenvalue weighted by molar-refractivity contribution is 9.12. The van der Waals surface area contributed by atoms with Crippen LogP contribution in [0.15, 0.2) is 11.1 Å². The highest BCUT2D eigenvalue weighted by Crippen LogP contribution is 2.83. The van der Waals surface area contributed by atoms with Gasteiger partial charge in [-0.3, -0.25) is 0 Å². The fourth-order valence-corrected chi connectivity index (χ4v) is 4.16. The van der Waals surface area contributed by atoms with Gasteiger partial charge in [-0.25, -0.2) is 0 Å². The highest BCUT2D eigenvalue weighted by atomic mass is 79.9. The Hall–Kier alpha value is -0.420. The van der Waals surface area contributed by atoms with Gasteiger partial charge in [-0.2, -0.15) is 70.2 Å². The normalized spacial score (nSPS) is 26.1. The summed E-state index contributed by atoms with van der Waals surface area (Å²) in [5.74, 6) is -6.62.